The second-order valence-corrected chi connectivity index (χ2v) is 6.33. The largest absolute Gasteiger partial charge is 0.486 e. The number of hydrogen-bond acceptors (Lipinski definition) is 6. The number of carbonyl (C=O) groups is 2. The smallest absolute Gasteiger partial charge is 0.251 e. The van der Waals surface area contributed by atoms with E-state index in [0.717, 1.165) is 17.1 Å². The zero-order valence-corrected chi connectivity index (χ0v) is 15.2. The molecule has 2 aromatic carbocycles. The van der Waals surface area contributed by atoms with Crippen LogP contribution in [0.5, 0.6) is 23.0 Å². The van der Waals surface area contributed by atoms with Crippen molar-refractivity contribution < 1.29 is 28.5 Å². The van der Waals surface area contributed by atoms with Crippen molar-refractivity contribution in [1.29, 1.82) is 0 Å². The van der Waals surface area contributed by atoms with Gasteiger partial charge in [0.25, 0.3) is 5.91 Å². The monoisotopic (exact) mass is 384 g/mol. The van der Waals surface area contributed by atoms with Crippen LogP contribution >= 0.6 is 0 Å². The molecule has 28 heavy (non-hydrogen) atoms. The Labute approximate surface area is 161 Å². The summed E-state index contributed by atoms with van der Waals surface area (Å²) < 4.78 is 21.5. The maximum atomic E-state index is 12.2. The number of hydrogen-bond donors (Lipinski definition) is 2. The molecule has 0 radical (unpaired) electrons. The number of ether oxygens (including phenoxy) is 4. The van der Waals surface area contributed by atoms with E-state index in [-0.39, 0.29) is 25.2 Å². The fraction of sp³-hybridized carbons (Fsp3) is 0.300. The Morgan fingerprint density at radius 3 is 2.43 bits per heavy atom. The van der Waals surface area contributed by atoms with Crippen LogP contribution in [0.1, 0.15) is 15.9 Å². The van der Waals surface area contributed by atoms with Crippen molar-refractivity contribution in [3.63, 3.8) is 0 Å². The van der Waals surface area contributed by atoms with Crippen LogP contribution < -0.4 is 29.6 Å². The van der Waals surface area contributed by atoms with Gasteiger partial charge in [-0.25, -0.2) is 0 Å². The molecule has 0 fully saturated rings. The Bertz CT molecular complexity index is 898. The minimum Gasteiger partial charge on any atom is -0.486 e. The zero-order valence-electron chi connectivity index (χ0n) is 15.2. The molecule has 0 atom stereocenters. The number of carbonyl (C=O) groups excluding carboxylic acids is 2. The molecule has 2 aliphatic heterocycles. The summed E-state index contributed by atoms with van der Waals surface area (Å²) >= 11 is 0. The van der Waals surface area contributed by atoms with E-state index >= 15 is 0 Å². The molecule has 2 amide bonds. The minimum atomic E-state index is -0.347. The molecule has 0 saturated heterocycles. The first-order chi connectivity index (χ1) is 13.7. The normalized spacial score (nSPS) is 13.7. The van der Waals surface area contributed by atoms with Gasteiger partial charge in [-0.05, 0) is 42.3 Å². The Morgan fingerprint density at radius 2 is 1.54 bits per heavy atom. The lowest BCUT2D eigenvalue weighted by Gasteiger charge is -2.18. The average Bonchev–Trinajstić information content (AvgIpc) is 3.20. The van der Waals surface area contributed by atoms with Crippen molar-refractivity contribution in [2.45, 2.75) is 6.42 Å². The van der Waals surface area contributed by atoms with Crippen molar-refractivity contribution in [1.82, 2.24) is 10.6 Å². The van der Waals surface area contributed by atoms with E-state index < -0.39 is 0 Å². The molecular formula is C20H20N2O6. The topological polar surface area (TPSA) is 95.1 Å². The first-order valence-electron chi connectivity index (χ1n) is 9.02. The van der Waals surface area contributed by atoms with E-state index in [1.165, 1.54) is 0 Å². The molecule has 0 spiro atoms. The van der Waals surface area contributed by atoms with Crippen molar-refractivity contribution in [2.75, 3.05) is 33.1 Å². The van der Waals surface area contributed by atoms with Crippen molar-refractivity contribution in [3.05, 3.63) is 47.5 Å². The Morgan fingerprint density at radius 1 is 0.821 bits per heavy atom. The molecule has 2 N–H and O–H groups in total. The minimum absolute atomic E-state index is 0.103. The molecule has 2 heterocycles. The van der Waals surface area contributed by atoms with E-state index in [4.69, 9.17) is 18.9 Å². The Balaban J connectivity index is 1.21. The lowest BCUT2D eigenvalue weighted by Crippen LogP contribution is -2.37. The third kappa shape index (κ3) is 4.11. The van der Waals surface area contributed by atoms with Gasteiger partial charge in [0.2, 0.25) is 12.7 Å². The van der Waals surface area contributed by atoms with E-state index in [1.807, 2.05) is 18.2 Å². The summed E-state index contributed by atoms with van der Waals surface area (Å²) in [5, 5.41) is 5.38. The van der Waals surface area contributed by atoms with Gasteiger partial charge >= 0.3 is 0 Å². The molecule has 8 nitrogen and oxygen atoms in total. The van der Waals surface area contributed by atoms with Crippen LogP contribution in [0.25, 0.3) is 0 Å². The first kappa shape index (κ1) is 18.0. The summed E-state index contributed by atoms with van der Waals surface area (Å²) in [5.41, 5.74) is 1.45. The van der Waals surface area contributed by atoms with Crippen LogP contribution in [-0.2, 0) is 11.2 Å². The molecule has 2 aromatic rings. The third-order valence-electron chi connectivity index (χ3n) is 4.39. The van der Waals surface area contributed by atoms with E-state index in [2.05, 4.69) is 10.6 Å². The molecule has 0 unspecified atom stereocenters. The van der Waals surface area contributed by atoms with Crippen LogP contribution in [0.3, 0.4) is 0 Å². The van der Waals surface area contributed by atoms with Crippen LogP contribution in [0, 0.1) is 0 Å². The third-order valence-corrected chi connectivity index (χ3v) is 4.39. The van der Waals surface area contributed by atoms with Gasteiger partial charge < -0.3 is 29.6 Å². The number of nitrogens with one attached hydrogen (secondary N) is 2. The van der Waals surface area contributed by atoms with Gasteiger partial charge in [0, 0.05) is 12.1 Å². The summed E-state index contributed by atoms with van der Waals surface area (Å²) in [5.74, 6) is 1.99. The number of amides is 2. The summed E-state index contributed by atoms with van der Waals surface area (Å²) in [7, 11) is 0. The molecule has 8 heteroatoms. The maximum Gasteiger partial charge on any atom is 0.251 e. The standard InChI is InChI=1S/C20H20N2O6/c23-19(11-22-20(24)14-2-4-16-18(10-14)28-12-27-16)21-6-5-13-1-3-15-17(9-13)26-8-7-25-15/h1-4,9-10H,5-8,11-12H2,(H,21,23)(H,22,24). The predicted octanol–water partition coefficient (Wildman–Crippen LogP) is 1.28. The molecular weight excluding hydrogens is 364 g/mol. The highest BCUT2D eigenvalue weighted by atomic mass is 16.7. The number of rotatable bonds is 6. The van der Waals surface area contributed by atoms with Gasteiger partial charge in [0.05, 0.1) is 6.54 Å². The fourth-order valence-corrected chi connectivity index (χ4v) is 2.95. The molecule has 0 bridgehead atoms. The van der Waals surface area contributed by atoms with Crippen LogP contribution in [0.15, 0.2) is 36.4 Å². The highest BCUT2D eigenvalue weighted by Gasteiger charge is 2.16. The van der Waals surface area contributed by atoms with E-state index in [0.29, 0.717) is 43.2 Å². The lowest BCUT2D eigenvalue weighted by molar-refractivity contribution is -0.120. The zero-order chi connectivity index (χ0) is 19.3. The fourth-order valence-electron chi connectivity index (χ4n) is 2.95. The molecule has 4 rings (SSSR count). The summed E-state index contributed by atoms with van der Waals surface area (Å²) in [6, 6.07) is 10.6. The molecule has 0 aromatic heterocycles. The molecule has 0 aliphatic carbocycles. The van der Waals surface area contributed by atoms with Crippen molar-refractivity contribution in [3.8, 4) is 23.0 Å². The lowest BCUT2D eigenvalue weighted by atomic mass is 10.1. The molecule has 146 valence electrons. The van der Waals surface area contributed by atoms with Gasteiger partial charge in [-0.1, -0.05) is 6.07 Å². The second kappa shape index (κ2) is 8.08. The van der Waals surface area contributed by atoms with Crippen molar-refractivity contribution in [2.24, 2.45) is 0 Å². The Kier molecular flexibility index (Phi) is 5.18. The molecule has 0 saturated carbocycles. The van der Waals surface area contributed by atoms with Crippen molar-refractivity contribution >= 4 is 11.8 Å². The van der Waals surface area contributed by atoms with Gasteiger partial charge in [0.1, 0.15) is 13.2 Å². The van der Waals surface area contributed by atoms with Gasteiger partial charge in [0.15, 0.2) is 23.0 Å². The second-order valence-electron chi connectivity index (χ2n) is 6.33. The Hall–Kier alpha value is -3.42. The van der Waals surface area contributed by atoms with Crippen LogP contribution in [0.2, 0.25) is 0 Å². The highest BCUT2D eigenvalue weighted by molar-refractivity contribution is 5.97. The van der Waals surface area contributed by atoms with Crippen LogP contribution in [0.4, 0.5) is 0 Å². The summed E-state index contributed by atoms with van der Waals surface area (Å²) in [4.78, 5) is 24.1. The quantitative estimate of drug-likeness (QED) is 0.779. The SMILES string of the molecule is O=C(CNC(=O)c1ccc2c(c1)OCO2)NCCc1ccc2c(c1)OCCO2. The number of benzene rings is 2. The highest BCUT2D eigenvalue weighted by Crippen LogP contribution is 2.32. The van der Waals surface area contributed by atoms with Gasteiger partial charge in [-0.2, -0.15) is 0 Å². The van der Waals surface area contributed by atoms with Gasteiger partial charge in [-0.15, -0.1) is 0 Å². The summed E-state index contributed by atoms with van der Waals surface area (Å²) in [6.07, 6.45) is 0.651. The van der Waals surface area contributed by atoms with Gasteiger partial charge in [-0.3, -0.25) is 9.59 Å². The predicted molar refractivity (Wildman–Crippen MR) is 99.0 cm³/mol. The maximum absolute atomic E-state index is 12.2. The van der Waals surface area contributed by atoms with E-state index in [9.17, 15) is 9.59 Å². The first-order valence-corrected chi connectivity index (χ1v) is 9.02. The molecule has 2 aliphatic rings. The van der Waals surface area contributed by atoms with Crippen LogP contribution in [-0.4, -0.2) is 44.9 Å². The number of fused-ring (bicyclic) bond motifs is 2. The summed E-state index contributed by atoms with van der Waals surface area (Å²) in [6.45, 7) is 1.59. The van der Waals surface area contributed by atoms with E-state index in [1.54, 1.807) is 18.2 Å². The average molecular weight is 384 g/mol.